The van der Waals surface area contributed by atoms with Crippen LogP contribution in [0, 0.1) is 6.92 Å². The van der Waals surface area contributed by atoms with Gasteiger partial charge in [0.05, 0.1) is 0 Å². The molecule has 3 N–H and O–H groups in total. The van der Waals surface area contributed by atoms with Crippen molar-refractivity contribution in [3.05, 3.63) is 29.8 Å². The molecule has 0 radical (unpaired) electrons. The molecule has 0 bridgehead atoms. The van der Waals surface area contributed by atoms with Crippen LogP contribution in [-0.4, -0.2) is 10.2 Å². The Morgan fingerprint density at radius 3 is 2.50 bits per heavy atom. The van der Waals surface area contributed by atoms with E-state index >= 15 is 0 Å². The van der Waals surface area contributed by atoms with Crippen LogP contribution in [0.2, 0.25) is 0 Å². The molecule has 0 aliphatic heterocycles. The molecule has 1 aromatic heterocycles. The van der Waals surface area contributed by atoms with E-state index in [1.54, 1.807) is 0 Å². The van der Waals surface area contributed by atoms with Crippen molar-refractivity contribution in [3.8, 4) is 11.5 Å². The molecule has 0 saturated carbocycles. The quantitative estimate of drug-likeness (QED) is 0.551. The summed E-state index contributed by atoms with van der Waals surface area (Å²) in [6.07, 6.45) is 0. The van der Waals surface area contributed by atoms with Crippen molar-refractivity contribution in [2.75, 3.05) is 5.43 Å². The predicted molar refractivity (Wildman–Crippen MR) is 52.3 cm³/mol. The highest BCUT2D eigenvalue weighted by molar-refractivity contribution is 5.53. The van der Waals surface area contributed by atoms with Crippen LogP contribution in [0.3, 0.4) is 0 Å². The lowest BCUT2D eigenvalue weighted by molar-refractivity contribution is 0.582. The summed E-state index contributed by atoms with van der Waals surface area (Å²) in [7, 11) is 0. The number of hydrogen-bond donors (Lipinski definition) is 2. The molecule has 0 amide bonds. The number of hydrogen-bond acceptors (Lipinski definition) is 5. The molecule has 0 atom stereocenters. The molecule has 0 aliphatic carbocycles. The molecule has 0 unspecified atom stereocenters. The van der Waals surface area contributed by atoms with Crippen molar-refractivity contribution in [1.29, 1.82) is 0 Å². The highest BCUT2D eigenvalue weighted by Gasteiger charge is 2.06. The van der Waals surface area contributed by atoms with Gasteiger partial charge in [-0.25, -0.2) is 5.84 Å². The van der Waals surface area contributed by atoms with Crippen LogP contribution in [0.15, 0.2) is 28.7 Å². The van der Waals surface area contributed by atoms with Gasteiger partial charge in [-0.05, 0) is 19.1 Å². The van der Waals surface area contributed by atoms with Crippen molar-refractivity contribution >= 4 is 6.01 Å². The Morgan fingerprint density at radius 2 is 1.93 bits per heavy atom. The summed E-state index contributed by atoms with van der Waals surface area (Å²) in [5, 5.41) is 7.51. The lowest BCUT2D eigenvalue weighted by Crippen LogP contribution is -2.06. The number of nitrogens with two attached hydrogens (primary N) is 1. The van der Waals surface area contributed by atoms with E-state index in [9.17, 15) is 0 Å². The van der Waals surface area contributed by atoms with Crippen molar-refractivity contribution in [2.24, 2.45) is 5.84 Å². The third kappa shape index (κ3) is 1.57. The van der Waals surface area contributed by atoms with E-state index in [4.69, 9.17) is 10.3 Å². The van der Waals surface area contributed by atoms with Gasteiger partial charge in [-0.15, -0.1) is 5.10 Å². The van der Waals surface area contributed by atoms with Gasteiger partial charge in [0, 0.05) is 5.56 Å². The molecule has 0 saturated heterocycles. The maximum atomic E-state index is 5.20. The number of benzene rings is 1. The van der Waals surface area contributed by atoms with E-state index < -0.39 is 0 Å². The first-order valence-corrected chi connectivity index (χ1v) is 4.17. The predicted octanol–water partition coefficient (Wildman–Crippen LogP) is 1.33. The van der Waals surface area contributed by atoms with Gasteiger partial charge in [0.25, 0.3) is 0 Å². The van der Waals surface area contributed by atoms with Crippen LogP contribution < -0.4 is 11.3 Å². The van der Waals surface area contributed by atoms with Gasteiger partial charge in [-0.1, -0.05) is 22.8 Å². The lowest BCUT2D eigenvalue weighted by atomic mass is 10.1. The summed E-state index contributed by atoms with van der Waals surface area (Å²) >= 11 is 0. The summed E-state index contributed by atoms with van der Waals surface area (Å²) in [6, 6.07) is 8.01. The third-order valence-electron chi connectivity index (χ3n) is 1.85. The van der Waals surface area contributed by atoms with Gasteiger partial charge in [-0.3, -0.25) is 5.43 Å². The number of anilines is 1. The van der Waals surface area contributed by atoms with E-state index in [0.717, 1.165) is 5.56 Å². The maximum absolute atomic E-state index is 5.20. The van der Waals surface area contributed by atoms with Crippen LogP contribution in [0.25, 0.3) is 11.5 Å². The minimum atomic E-state index is 0.209. The highest BCUT2D eigenvalue weighted by Crippen LogP contribution is 2.19. The molecule has 0 spiro atoms. The van der Waals surface area contributed by atoms with E-state index in [-0.39, 0.29) is 6.01 Å². The molecular weight excluding hydrogens is 180 g/mol. The fourth-order valence-electron chi connectivity index (χ4n) is 1.09. The van der Waals surface area contributed by atoms with Crippen LogP contribution >= 0.6 is 0 Å². The standard InChI is InChI=1S/C9H10N4O/c1-6-2-4-7(5-3-6)8-12-13-9(11-10)14-8/h2-5H,10H2,1H3,(H,11,13). The fourth-order valence-corrected chi connectivity index (χ4v) is 1.09. The van der Waals surface area contributed by atoms with E-state index in [2.05, 4.69) is 15.6 Å². The average Bonchev–Trinajstić information content (AvgIpc) is 2.67. The van der Waals surface area contributed by atoms with Crippen molar-refractivity contribution < 1.29 is 4.42 Å². The minimum Gasteiger partial charge on any atom is -0.402 e. The van der Waals surface area contributed by atoms with Gasteiger partial charge < -0.3 is 4.42 Å². The van der Waals surface area contributed by atoms with Gasteiger partial charge >= 0.3 is 6.01 Å². The number of aryl methyl sites for hydroxylation is 1. The number of rotatable bonds is 2. The van der Waals surface area contributed by atoms with Crippen LogP contribution in [0.1, 0.15) is 5.56 Å². The summed E-state index contributed by atoms with van der Waals surface area (Å²) < 4.78 is 5.20. The Labute approximate surface area is 80.9 Å². The minimum absolute atomic E-state index is 0.209. The fraction of sp³-hybridized carbons (Fsp3) is 0.111. The lowest BCUT2D eigenvalue weighted by Gasteiger charge is -1.94. The Kier molecular flexibility index (Phi) is 2.16. The second-order valence-corrected chi connectivity index (χ2v) is 2.92. The zero-order valence-electron chi connectivity index (χ0n) is 7.69. The molecule has 1 aromatic carbocycles. The molecule has 1 heterocycles. The summed E-state index contributed by atoms with van der Waals surface area (Å²) in [6.45, 7) is 2.02. The van der Waals surface area contributed by atoms with Gasteiger partial charge in [0.15, 0.2) is 0 Å². The number of nitrogen functional groups attached to an aromatic ring is 1. The van der Waals surface area contributed by atoms with Crippen LogP contribution in [0.5, 0.6) is 0 Å². The van der Waals surface area contributed by atoms with Gasteiger partial charge in [-0.2, -0.15) is 0 Å². The molecule has 2 rings (SSSR count). The number of nitrogens with one attached hydrogen (secondary N) is 1. The first kappa shape index (κ1) is 8.71. The Balaban J connectivity index is 2.34. The number of aromatic nitrogens is 2. The van der Waals surface area contributed by atoms with Crippen molar-refractivity contribution in [3.63, 3.8) is 0 Å². The average molecular weight is 190 g/mol. The second kappa shape index (κ2) is 3.47. The monoisotopic (exact) mass is 190 g/mol. The zero-order valence-corrected chi connectivity index (χ0v) is 7.69. The smallest absolute Gasteiger partial charge is 0.330 e. The molecule has 14 heavy (non-hydrogen) atoms. The van der Waals surface area contributed by atoms with Gasteiger partial charge in [0.2, 0.25) is 5.89 Å². The second-order valence-electron chi connectivity index (χ2n) is 2.92. The Bertz CT molecular complexity index is 421. The summed E-state index contributed by atoms with van der Waals surface area (Å²) in [4.78, 5) is 0. The Morgan fingerprint density at radius 1 is 1.21 bits per heavy atom. The molecule has 0 fully saturated rings. The Hall–Kier alpha value is -1.88. The first-order chi connectivity index (χ1) is 6.79. The number of nitrogens with zero attached hydrogens (tertiary/aromatic N) is 2. The van der Waals surface area contributed by atoms with E-state index in [0.29, 0.717) is 5.89 Å². The molecule has 0 aliphatic rings. The largest absolute Gasteiger partial charge is 0.402 e. The van der Waals surface area contributed by atoms with E-state index in [1.165, 1.54) is 5.56 Å². The zero-order chi connectivity index (χ0) is 9.97. The molecule has 5 nitrogen and oxygen atoms in total. The molecule has 72 valence electrons. The van der Waals surface area contributed by atoms with Crippen molar-refractivity contribution in [2.45, 2.75) is 6.92 Å². The normalized spacial score (nSPS) is 10.1. The first-order valence-electron chi connectivity index (χ1n) is 4.17. The molecule has 5 heteroatoms. The van der Waals surface area contributed by atoms with Crippen LogP contribution in [0.4, 0.5) is 6.01 Å². The third-order valence-corrected chi connectivity index (χ3v) is 1.85. The topological polar surface area (TPSA) is 77.0 Å². The van der Waals surface area contributed by atoms with Crippen LogP contribution in [-0.2, 0) is 0 Å². The van der Waals surface area contributed by atoms with E-state index in [1.807, 2.05) is 31.2 Å². The summed E-state index contributed by atoms with van der Waals surface area (Å²) in [5.74, 6) is 5.58. The van der Waals surface area contributed by atoms with Gasteiger partial charge in [0.1, 0.15) is 0 Å². The highest BCUT2D eigenvalue weighted by atomic mass is 16.4. The maximum Gasteiger partial charge on any atom is 0.330 e. The summed E-state index contributed by atoms with van der Waals surface area (Å²) in [5.41, 5.74) is 4.35. The molecular formula is C9H10N4O. The van der Waals surface area contributed by atoms with Crippen molar-refractivity contribution in [1.82, 2.24) is 10.2 Å². The number of hydrazine groups is 1. The SMILES string of the molecule is Cc1ccc(-c2nnc(NN)o2)cc1. The molecule has 2 aromatic rings.